The molecule has 0 amide bonds. The molecule has 6 heteroatoms. The first kappa shape index (κ1) is 14.3. The van der Waals surface area contributed by atoms with Crippen molar-refractivity contribution in [1.82, 2.24) is 14.7 Å². The van der Waals surface area contributed by atoms with E-state index < -0.39 is 0 Å². The van der Waals surface area contributed by atoms with E-state index in [0.29, 0.717) is 6.61 Å². The standard InChI is InChI=1S/C15H19N3O2S/c1-12-14(18-6-9-21-15(18)17-12)10-16-5-3-7-19-11-13-4-2-8-20-13/h2,4,6,8-9,16H,3,5,7,10-11H2,1H3. The molecule has 3 heterocycles. The molecule has 0 aliphatic carbocycles. The molecule has 0 aliphatic rings. The Morgan fingerprint density at radius 2 is 2.43 bits per heavy atom. The molecule has 0 saturated carbocycles. The van der Waals surface area contributed by atoms with Gasteiger partial charge in [0.25, 0.3) is 0 Å². The lowest BCUT2D eigenvalue weighted by Crippen LogP contribution is -2.17. The fraction of sp³-hybridized carbons (Fsp3) is 0.400. The van der Waals surface area contributed by atoms with Crippen molar-refractivity contribution in [3.05, 3.63) is 47.1 Å². The normalized spacial score (nSPS) is 11.5. The quantitative estimate of drug-likeness (QED) is 0.650. The SMILES string of the molecule is Cc1nc2sccn2c1CNCCCOCc1ccco1. The third kappa shape index (κ3) is 3.53. The number of nitrogens with zero attached hydrogens (tertiary/aromatic N) is 2. The average Bonchev–Trinajstić information content (AvgIpc) is 3.17. The van der Waals surface area contributed by atoms with Crippen LogP contribution in [-0.4, -0.2) is 22.5 Å². The number of hydrogen-bond acceptors (Lipinski definition) is 5. The maximum absolute atomic E-state index is 5.55. The van der Waals surface area contributed by atoms with Crippen LogP contribution in [0.1, 0.15) is 23.6 Å². The first-order valence-corrected chi connectivity index (χ1v) is 7.94. The highest BCUT2D eigenvalue weighted by molar-refractivity contribution is 7.15. The Morgan fingerprint density at radius 1 is 1.48 bits per heavy atom. The molecule has 112 valence electrons. The lowest BCUT2D eigenvalue weighted by Gasteiger charge is -2.05. The fourth-order valence-corrected chi connectivity index (χ4v) is 3.01. The average molecular weight is 305 g/mol. The molecular formula is C15H19N3O2S. The number of aromatic nitrogens is 2. The van der Waals surface area contributed by atoms with Crippen molar-refractivity contribution >= 4 is 16.3 Å². The summed E-state index contributed by atoms with van der Waals surface area (Å²) in [6, 6.07) is 3.80. The van der Waals surface area contributed by atoms with E-state index in [1.54, 1.807) is 17.6 Å². The van der Waals surface area contributed by atoms with Crippen molar-refractivity contribution in [2.24, 2.45) is 0 Å². The van der Waals surface area contributed by atoms with Crippen molar-refractivity contribution in [3.8, 4) is 0 Å². The van der Waals surface area contributed by atoms with Gasteiger partial charge in [0, 0.05) is 24.7 Å². The van der Waals surface area contributed by atoms with Crippen LogP contribution in [-0.2, 0) is 17.9 Å². The molecule has 0 bridgehead atoms. The number of furan rings is 1. The monoisotopic (exact) mass is 305 g/mol. The number of rotatable bonds is 8. The predicted octanol–water partition coefficient (Wildman–Crippen LogP) is 2.99. The number of ether oxygens (including phenoxy) is 1. The van der Waals surface area contributed by atoms with E-state index in [2.05, 4.69) is 33.2 Å². The van der Waals surface area contributed by atoms with Gasteiger partial charge in [-0.15, -0.1) is 11.3 Å². The van der Waals surface area contributed by atoms with Gasteiger partial charge in [-0.1, -0.05) is 0 Å². The number of nitrogens with one attached hydrogen (secondary N) is 1. The summed E-state index contributed by atoms with van der Waals surface area (Å²) < 4.78 is 12.9. The van der Waals surface area contributed by atoms with Gasteiger partial charge >= 0.3 is 0 Å². The van der Waals surface area contributed by atoms with Crippen LogP contribution in [0.5, 0.6) is 0 Å². The Kier molecular flexibility index (Phi) is 4.69. The topological polar surface area (TPSA) is 51.7 Å². The van der Waals surface area contributed by atoms with E-state index in [0.717, 1.165) is 42.5 Å². The minimum absolute atomic E-state index is 0.546. The maximum Gasteiger partial charge on any atom is 0.194 e. The predicted molar refractivity (Wildman–Crippen MR) is 82.5 cm³/mol. The summed E-state index contributed by atoms with van der Waals surface area (Å²) in [5.74, 6) is 0.873. The van der Waals surface area contributed by atoms with Crippen LogP contribution in [0.4, 0.5) is 0 Å². The number of thiazole rings is 1. The summed E-state index contributed by atoms with van der Waals surface area (Å²) in [5, 5.41) is 5.51. The molecule has 0 fully saturated rings. The minimum Gasteiger partial charge on any atom is -0.467 e. The highest BCUT2D eigenvalue weighted by Crippen LogP contribution is 2.16. The smallest absolute Gasteiger partial charge is 0.194 e. The number of hydrogen-bond donors (Lipinski definition) is 1. The zero-order valence-corrected chi connectivity index (χ0v) is 12.9. The molecule has 3 aromatic rings. The first-order chi connectivity index (χ1) is 10.3. The molecule has 0 spiro atoms. The summed E-state index contributed by atoms with van der Waals surface area (Å²) in [6.45, 7) is 5.09. The van der Waals surface area contributed by atoms with Crippen molar-refractivity contribution < 1.29 is 9.15 Å². The molecule has 0 aliphatic heterocycles. The first-order valence-electron chi connectivity index (χ1n) is 7.06. The van der Waals surface area contributed by atoms with Crippen LogP contribution in [0.2, 0.25) is 0 Å². The van der Waals surface area contributed by atoms with E-state index in [1.807, 2.05) is 12.1 Å². The highest BCUT2D eigenvalue weighted by atomic mass is 32.1. The van der Waals surface area contributed by atoms with Crippen molar-refractivity contribution in [2.75, 3.05) is 13.2 Å². The molecule has 0 unspecified atom stereocenters. The Balaban J connectivity index is 1.35. The molecule has 0 aromatic carbocycles. The van der Waals surface area contributed by atoms with Gasteiger partial charge in [0.05, 0.1) is 17.7 Å². The second-order valence-electron chi connectivity index (χ2n) is 4.86. The molecule has 0 atom stereocenters. The van der Waals surface area contributed by atoms with Crippen LogP contribution in [0, 0.1) is 6.92 Å². The van der Waals surface area contributed by atoms with Gasteiger partial charge in [0.1, 0.15) is 12.4 Å². The number of imidazole rings is 1. The third-order valence-corrected chi connectivity index (χ3v) is 4.08. The van der Waals surface area contributed by atoms with Gasteiger partial charge in [-0.3, -0.25) is 4.40 Å². The zero-order valence-electron chi connectivity index (χ0n) is 12.0. The number of aryl methyl sites for hydroxylation is 1. The molecule has 3 rings (SSSR count). The van der Waals surface area contributed by atoms with E-state index in [4.69, 9.17) is 9.15 Å². The van der Waals surface area contributed by atoms with E-state index >= 15 is 0 Å². The lowest BCUT2D eigenvalue weighted by molar-refractivity contribution is 0.104. The molecule has 0 radical (unpaired) electrons. The van der Waals surface area contributed by atoms with Crippen molar-refractivity contribution in [3.63, 3.8) is 0 Å². The van der Waals surface area contributed by atoms with Gasteiger partial charge in [-0.2, -0.15) is 0 Å². The fourth-order valence-electron chi connectivity index (χ4n) is 2.23. The van der Waals surface area contributed by atoms with E-state index in [1.165, 1.54) is 5.69 Å². The lowest BCUT2D eigenvalue weighted by atomic mass is 10.3. The number of fused-ring (bicyclic) bond motifs is 1. The van der Waals surface area contributed by atoms with Crippen LogP contribution in [0.15, 0.2) is 34.4 Å². The summed E-state index contributed by atoms with van der Waals surface area (Å²) in [4.78, 5) is 5.60. The molecule has 1 N–H and O–H groups in total. The van der Waals surface area contributed by atoms with Gasteiger partial charge in [0.15, 0.2) is 4.96 Å². The molecule has 5 nitrogen and oxygen atoms in total. The summed E-state index contributed by atoms with van der Waals surface area (Å²) >= 11 is 1.67. The van der Waals surface area contributed by atoms with Crippen molar-refractivity contribution in [2.45, 2.75) is 26.5 Å². The van der Waals surface area contributed by atoms with Gasteiger partial charge in [-0.25, -0.2) is 4.98 Å². The molecule has 21 heavy (non-hydrogen) atoms. The van der Waals surface area contributed by atoms with Gasteiger partial charge in [0.2, 0.25) is 0 Å². The largest absolute Gasteiger partial charge is 0.467 e. The van der Waals surface area contributed by atoms with Gasteiger partial charge in [-0.05, 0) is 32.0 Å². The Hall–Kier alpha value is -1.63. The molecule has 3 aromatic heterocycles. The Morgan fingerprint density at radius 3 is 3.29 bits per heavy atom. The third-order valence-electron chi connectivity index (χ3n) is 3.32. The van der Waals surface area contributed by atoms with Crippen LogP contribution in [0.25, 0.3) is 4.96 Å². The Bertz CT molecular complexity index is 672. The summed E-state index contributed by atoms with van der Waals surface area (Å²) in [5.41, 5.74) is 2.34. The zero-order chi connectivity index (χ0) is 14.5. The summed E-state index contributed by atoms with van der Waals surface area (Å²) in [7, 11) is 0. The van der Waals surface area contributed by atoms with Crippen LogP contribution < -0.4 is 5.32 Å². The maximum atomic E-state index is 5.55. The second kappa shape index (κ2) is 6.89. The molecular weight excluding hydrogens is 286 g/mol. The summed E-state index contributed by atoms with van der Waals surface area (Å²) in [6.07, 6.45) is 4.72. The Labute approximate surface area is 127 Å². The van der Waals surface area contributed by atoms with E-state index in [9.17, 15) is 0 Å². The van der Waals surface area contributed by atoms with Gasteiger partial charge < -0.3 is 14.5 Å². The van der Waals surface area contributed by atoms with Crippen LogP contribution in [0.3, 0.4) is 0 Å². The minimum atomic E-state index is 0.546. The van der Waals surface area contributed by atoms with E-state index in [-0.39, 0.29) is 0 Å². The van der Waals surface area contributed by atoms with Crippen molar-refractivity contribution in [1.29, 1.82) is 0 Å². The molecule has 0 saturated heterocycles. The highest BCUT2D eigenvalue weighted by Gasteiger charge is 2.08. The second-order valence-corrected chi connectivity index (χ2v) is 5.73. The van der Waals surface area contributed by atoms with Crippen LogP contribution >= 0.6 is 11.3 Å².